The molecule has 0 radical (unpaired) electrons. The molecule has 18 heavy (non-hydrogen) atoms. The average molecular weight is 330 g/mol. The van der Waals surface area contributed by atoms with Gasteiger partial charge in [-0.1, -0.05) is 66.2 Å². The first-order valence-corrected chi connectivity index (χ1v) is 6.98. The van der Waals surface area contributed by atoms with Gasteiger partial charge in [-0.05, 0) is 6.42 Å². The van der Waals surface area contributed by atoms with Gasteiger partial charge in [0.2, 0.25) is 0 Å². The van der Waals surface area contributed by atoms with E-state index in [0.29, 0.717) is 6.54 Å². The standard InChI is InChI=1S/C11H12Cl4N2O/c1-2-3-4-5-16-11(18)9-7(13)6(12)8(14)10(15)17-9/h2-5H2,1H3,(H,16,18). The molecule has 1 aromatic heterocycles. The third kappa shape index (κ3) is 3.89. The van der Waals surface area contributed by atoms with Crippen LogP contribution in [0, 0.1) is 0 Å². The second-order valence-corrected chi connectivity index (χ2v) is 5.15. The van der Waals surface area contributed by atoms with E-state index in [1.165, 1.54) is 0 Å². The molecule has 1 aromatic rings. The molecule has 0 saturated heterocycles. The molecule has 0 atom stereocenters. The Labute approximate surface area is 126 Å². The van der Waals surface area contributed by atoms with Crippen molar-refractivity contribution in [1.82, 2.24) is 10.3 Å². The number of pyridine rings is 1. The maximum atomic E-state index is 11.8. The Balaban J connectivity index is 2.80. The van der Waals surface area contributed by atoms with Crippen molar-refractivity contribution in [2.75, 3.05) is 6.54 Å². The van der Waals surface area contributed by atoms with Gasteiger partial charge in [0.15, 0.2) is 0 Å². The fraction of sp³-hybridized carbons (Fsp3) is 0.455. The zero-order valence-electron chi connectivity index (χ0n) is 9.70. The van der Waals surface area contributed by atoms with Gasteiger partial charge >= 0.3 is 0 Å². The normalized spacial score (nSPS) is 10.5. The number of rotatable bonds is 5. The van der Waals surface area contributed by atoms with Gasteiger partial charge in [-0.2, -0.15) is 0 Å². The Bertz CT molecular complexity index is 451. The van der Waals surface area contributed by atoms with Crippen molar-refractivity contribution in [3.8, 4) is 0 Å². The summed E-state index contributed by atoms with van der Waals surface area (Å²) in [6.45, 7) is 2.64. The minimum absolute atomic E-state index is 0.00688. The molecule has 0 unspecified atom stereocenters. The molecule has 0 bridgehead atoms. The van der Waals surface area contributed by atoms with Crippen molar-refractivity contribution in [2.24, 2.45) is 0 Å². The number of hydrogen-bond acceptors (Lipinski definition) is 2. The van der Waals surface area contributed by atoms with E-state index < -0.39 is 5.91 Å². The highest BCUT2D eigenvalue weighted by Crippen LogP contribution is 2.35. The average Bonchev–Trinajstić information content (AvgIpc) is 2.36. The molecule has 0 aliphatic carbocycles. The molecule has 0 aliphatic rings. The summed E-state index contributed by atoms with van der Waals surface area (Å²) in [7, 11) is 0. The molecule has 0 aliphatic heterocycles. The maximum absolute atomic E-state index is 11.8. The molecule has 0 aromatic carbocycles. The van der Waals surface area contributed by atoms with E-state index in [1.807, 2.05) is 0 Å². The number of nitrogens with zero attached hydrogens (tertiary/aromatic N) is 1. The molecule has 0 fully saturated rings. The molecule has 0 spiro atoms. The van der Waals surface area contributed by atoms with Crippen molar-refractivity contribution in [2.45, 2.75) is 26.2 Å². The van der Waals surface area contributed by atoms with Crippen molar-refractivity contribution in [3.63, 3.8) is 0 Å². The summed E-state index contributed by atoms with van der Waals surface area (Å²) in [5.74, 6) is -0.406. The van der Waals surface area contributed by atoms with E-state index in [2.05, 4.69) is 17.2 Å². The fourth-order valence-electron chi connectivity index (χ4n) is 1.30. The first-order chi connectivity index (χ1) is 8.49. The number of aromatic nitrogens is 1. The number of hydrogen-bond donors (Lipinski definition) is 1. The Hall–Kier alpha value is -0.220. The Kier molecular flexibility index (Phi) is 6.50. The summed E-state index contributed by atoms with van der Waals surface area (Å²) in [6.07, 6.45) is 3.02. The highest BCUT2D eigenvalue weighted by Gasteiger charge is 2.19. The van der Waals surface area contributed by atoms with E-state index in [-0.39, 0.29) is 25.9 Å². The van der Waals surface area contributed by atoms with Gasteiger partial charge < -0.3 is 5.32 Å². The third-order valence-electron chi connectivity index (χ3n) is 2.27. The lowest BCUT2D eigenvalue weighted by atomic mass is 10.2. The molecule has 3 nitrogen and oxygen atoms in total. The Morgan fingerprint density at radius 2 is 1.78 bits per heavy atom. The van der Waals surface area contributed by atoms with Gasteiger partial charge in [-0.25, -0.2) is 4.98 Å². The van der Waals surface area contributed by atoms with Crippen molar-refractivity contribution < 1.29 is 4.79 Å². The summed E-state index contributed by atoms with van der Waals surface area (Å²) in [5.41, 5.74) is -0.00688. The third-order valence-corrected chi connectivity index (χ3v) is 3.94. The quantitative estimate of drug-likeness (QED) is 0.632. The fourth-order valence-corrected chi connectivity index (χ4v) is 2.11. The van der Waals surface area contributed by atoms with E-state index in [4.69, 9.17) is 46.4 Å². The second-order valence-electron chi connectivity index (χ2n) is 3.66. The second kappa shape index (κ2) is 7.39. The van der Waals surface area contributed by atoms with Crippen LogP contribution in [0.15, 0.2) is 0 Å². The van der Waals surface area contributed by atoms with Crippen LogP contribution in [0.5, 0.6) is 0 Å². The van der Waals surface area contributed by atoms with Gasteiger partial charge in [0.05, 0.1) is 15.1 Å². The van der Waals surface area contributed by atoms with Crippen LogP contribution in [-0.4, -0.2) is 17.4 Å². The van der Waals surface area contributed by atoms with E-state index in [0.717, 1.165) is 19.3 Å². The summed E-state index contributed by atoms with van der Waals surface area (Å²) in [6, 6.07) is 0. The van der Waals surface area contributed by atoms with Crippen LogP contribution >= 0.6 is 46.4 Å². The van der Waals surface area contributed by atoms with E-state index in [9.17, 15) is 4.79 Å². The van der Waals surface area contributed by atoms with Gasteiger partial charge in [-0.15, -0.1) is 0 Å². The van der Waals surface area contributed by atoms with Crippen LogP contribution in [0.1, 0.15) is 36.7 Å². The number of halogens is 4. The van der Waals surface area contributed by atoms with Gasteiger partial charge in [0, 0.05) is 6.54 Å². The minimum atomic E-state index is -0.406. The van der Waals surface area contributed by atoms with Gasteiger partial charge in [0.25, 0.3) is 5.91 Å². The molecule has 0 saturated carbocycles. The monoisotopic (exact) mass is 328 g/mol. The zero-order chi connectivity index (χ0) is 13.7. The first-order valence-electron chi connectivity index (χ1n) is 5.47. The van der Waals surface area contributed by atoms with Crippen molar-refractivity contribution in [3.05, 3.63) is 25.9 Å². The number of carbonyl (C=O) groups is 1. The van der Waals surface area contributed by atoms with Crippen LogP contribution in [0.4, 0.5) is 0 Å². The molecule has 100 valence electrons. The summed E-state index contributed by atoms with van der Waals surface area (Å²) >= 11 is 23.3. The Morgan fingerprint density at radius 1 is 1.11 bits per heavy atom. The number of nitrogens with one attached hydrogen (secondary N) is 1. The predicted octanol–water partition coefficient (Wildman–Crippen LogP) is 4.62. The minimum Gasteiger partial charge on any atom is -0.351 e. The SMILES string of the molecule is CCCCCNC(=O)c1nc(Cl)c(Cl)c(Cl)c1Cl. The highest BCUT2D eigenvalue weighted by molar-refractivity contribution is 6.52. The maximum Gasteiger partial charge on any atom is 0.271 e. The summed E-state index contributed by atoms with van der Waals surface area (Å²) < 4.78 is 0. The first kappa shape index (κ1) is 15.8. The molecular weight excluding hydrogens is 318 g/mol. The van der Waals surface area contributed by atoms with Gasteiger partial charge in [-0.3, -0.25) is 4.79 Å². The highest BCUT2D eigenvalue weighted by atomic mass is 35.5. The van der Waals surface area contributed by atoms with E-state index >= 15 is 0 Å². The number of carbonyl (C=O) groups excluding carboxylic acids is 1. The smallest absolute Gasteiger partial charge is 0.271 e. The van der Waals surface area contributed by atoms with E-state index in [1.54, 1.807) is 0 Å². The molecule has 7 heteroatoms. The summed E-state index contributed by atoms with van der Waals surface area (Å²) in [5, 5.41) is 2.76. The molecular formula is C11H12Cl4N2O. The number of unbranched alkanes of at least 4 members (excludes halogenated alkanes) is 2. The van der Waals surface area contributed by atoms with Crippen LogP contribution < -0.4 is 5.32 Å². The molecule has 1 N–H and O–H groups in total. The Morgan fingerprint density at radius 3 is 2.39 bits per heavy atom. The number of amides is 1. The lowest BCUT2D eigenvalue weighted by molar-refractivity contribution is 0.0948. The van der Waals surface area contributed by atoms with Gasteiger partial charge in [0.1, 0.15) is 10.8 Å². The molecule has 1 heterocycles. The summed E-state index contributed by atoms with van der Waals surface area (Å²) in [4.78, 5) is 15.7. The lowest BCUT2D eigenvalue weighted by Crippen LogP contribution is -2.25. The van der Waals surface area contributed by atoms with Crippen LogP contribution in [0.3, 0.4) is 0 Å². The van der Waals surface area contributed by atoms with Crippen LogP contribution in [0.25, 0.3) is 0 Å². The topological polar surface area (TPSA) is 42.0 Å². The van der Waals surface area contributed by atoms with Crippen molar-refractivity contribution in [1.29, 1.82) is 0 Å². The largest absolute Gasteiger partial charge is 0.351 e. The predicted molar refractivity (Wildman–Crippen MR) is 76.1 cm³/mol. The van der Waals surface area contributed by atoms with Crippen molar-refractivity contribution >= 4 is 52.3 Å². The lowest BCUT2D eigenvalue weighted by Gasteiger charge is -2.08. The van der Waals surface area contributed by atoms with Crippen LogP contribution in [-0.2, 0) is 0 Å². The molecule has 1 rings (SSSR count). The zero-order valence-corrected chi connectivity index (χ0v) is 12.7. The van der Waals surface area contributed by atoms with Crippen LogP contribution in [0.2, 0.25) is 20.2 Å². The molecule has 1 amide bonds.